The lowest BCUT2D eigenvalue weighted by Gasteiger charge is -2.35. The van der Waals surface area contributed by atoms with Gasteiger partial charge < -0.3 is 15.5 Å². The minimum absolute atomic E-state index is 0.0192. The molecule has 0 spiro atoms. The number of amides is 3. The Hall–Kier alpha value is -1.93. The summed E-state index contributed by atoms with van der Waals surface area (Å²) in [7, 11) is 0. The van der Waals surface area contributed by atoms with Crippen LogP contribution in [0.3, 0.4) is 0 Å². The molecular formula is C17H26N4O3S. The Bertz CT molecular complexity index is 583. The van der Waals surface area contributed by atoms with Crippen molar-refractivity contribution in [3.8, 4) is 0 Å². The molecule has 0 bridgehead atoms. The van der Waals surface area contributed by atoms with Gasteiger partial charge in [0, 0.05) is 44.5 Å². The van der Waals surface area contributed by atoms with Gasteiger partial charge in [0.15, 0.2) is 0 Å². The fourth-order valence-corrected chi connectivity index (χ4v) is 3.65. The third-order valence-electron chi connectivity index (χ3n) is 4.11. The second kappa shape index (κ2) is 9.53. The van der Waals surface area contributed by atoms with Gasteiger partial charge in [-0.15, -0.1) is 11.3 Å². The molecule has 1 aromatic rings. The van der Waals surface area contributed by atoms with Crippen molar-refractivity contribution in [3.63, 3.8) is 0 Å². The molecule has 0 radical (unpaired) electrons. The van der Waals surface area contributed by atoms with E-state index in [9.17, 15) is 14.4 Å². The van der Waals surface area contributed by atoms with Crippen molar-refractivity contribution < 1.29 is 14.4 Å². The van der Waals surface area contributed by atoms with Crippen molar-refractivity contribution in [2.75, 3.05) is 39.3 Å². The van der Waals surface area contributed by atoms with E-state index >= 15 is 0 Å². The maximum absolute atomic E-state index is 12.6. The number of nitrogens with one attached hydrogen (secondary N) is 2. The summed E-state index contributed by atoms with van der Waals surface area (Å²) in [6, 6.07) is 3.57. The summed E-state index contributed by atoms with van der Waals surface area (Å²) in [6.07, 6.45) is 0.260. The molecular weight excluding hydrogens is 340 g/mol. The number of rotatable bonds is 7. The van der Waals surface area contributed by atoms with Gasteiger partial charge in [-0.1, -0.05) is 6.07 Å². The number of carbonyl (C=O) groups excluding carboxylic acids is 3. The number of piperazine rings is 1. The van der Waals surface area contributed by atoms with Crippen LogP contribution < -0.4 is 10.6 Å². The van der Waals surface area contributed by atoms with E-state index in [0.29, 0.717) is 39.3 Å². The molecule has 1 aliphatic heterocycles. The van der Waals surface area contributed by atoms with E-state index in [1.54, 1.807) is 0 Å². The molecule has 0 aliphatic carbocycles. The third kappa shape index (κ3) is 6.13. The fourth-order valence-electron chi connectivity index (χ4n) is 2.87. The van der Waals surface area contributed by atoms with Gasteiger partial charge >= 0.3 is 0 Å². The molecule has 2 heterocycles. The Morgan fingerprint density at radius 2 is 1.96 bits per heavy atom. The molecule has 2 N–H and O–H groups in total. The number of hydrogen-bond donors (Lipinski definition) is 2. The number of thiophene rings is 1. The maximum Gasteiger partial charge on any atom is 0.234 e. The SMILES string of the molecule is CCNC(=O)CN1CCN(C(=O)CC(NC(C)=O)c2cccs2)CC1. The van der Waals surface area contributed by atoms with E-state index in [0.717, 1.165) is 4.88 Å². The van der Waals surface area contributed by atoms with Crippen molar-refractivity contribution in [1.82, 2.24) is 20.4 Å². The molecule has 1 atom stereocenters. The predicted octanol–water partition coefficient (Wildman–Crippen LogP) is 0.596. The summed E-state index contributed by atoms with van der Waals surface area (Å²) in [5.74, 6) is -0.0894. The first-order chi connectivity index (χ1) is 12.0. The monoisotopic (exact) mass is 366 g/mol. The van der Waals surface area contributed by atoms with E-state index in [1.807, 2.05) is 29.3 Å². The third-order valence-corrected chi connectivity index (χ3v) is 5.10. The summed E-state index contributed by atoms with van der Waals surface area (Å²) in [5, 5.41) is 7.59. The zero-order valence-corrected chi connectivity index (χ0v) is 15.6. The molecule has 1 saturated heterocycles. The van der Waals surface area contributed by atoms with Gasteiger partial charge in [-0.05, 0) is 18.4 Å². The summed E-state index contributed by atoms with van der Waals surface area (Å²) >= 11 is 1.54. The predicted molar refractivity (Wildman–Crippen MR) is 97.2 cm³/mol. The van der Waals surface area contributed by atoms with Crippen LogP contribution in [0.25, 0.3) is 0 Å². The number of likely N-dealkylation sites (N-methyl/N-ethyl adjacent to an activating group) is 1. The lowest BCUT2D eigenvalue weighted by molar-refractivity contribution is -0.134. The maximum atomic E-state index is 12.6. The number of carbonyl (C=O) groups is 3. The summed E-state index contributed by atoms with van der Waals surface area (Å²) in [4.78, 5) is 40.5. The Kier molecular flexibility index (Phi) is 7.39. The van der Waals surface area contributed by atoms with Gasteiger partial charge in [-0.2, -0.15) is 0 Å². The summed E-state index contributed by atoms with van der Waals surface area (Å²) in [5.41, 5.74) is 0. The smallest absolute Gasteiger partial charge is 0.234 e. The van der Waals surface area contributed by atoms with Gasteiger partial charge in [0.1, 0.15) is 0 Å². The highest BCUT2D eigenvalue weighted by Gasteiger charge is 2.25. The largest absolute Gasteiger partial charge is 0.355 e. The van der Waals surface area contributed by atoms with Crippen LogP contribution in [-0.2, 0) is 14.4 Å². The first-order valence-corrected chi connectivity index (χ1v) is 9.45. The molecule has 0 aromatic carbocycles. The molecule has 0 saturated carbocycles. The van der Waals surface area contributed by atoms with Crippen LogP contribution in [0.15, 0.2) is 17.5 Å². The van der Waals surface area contributed by atoms with Crippen molar-refractivity contribution >= 4 is 29.1 Å². The molecule has 138 valence electrons. The highest BCUT2D eigenvalue weighted by atomic mass is 32.1. The van der Waals surface area contributed by atoms with Crippen LogP contribution in [0.5, 0.6) is 0 Å². The molecule has 1 aliphatic rings. The average Bonchev–Trinajstić information content (AvgIpc) is 3.09. The van der Waals surface area contributed by atoms with E-state index in [-0.39, 0.29) is 30.2 Å². The van der Waals surface area contributed by atoms with Crippen LogP contribution in [-0.4, -0.2) is 66.8 Å². The lowest BCUT2D eigenvalue weighted by Crippen LogP contribution is -2.51. The van der Waals surface area contributed by atoms with Gasteiger partial charge in [-0.3, -0.25) is 19.3 Å². The standard InChI is InChI=1S/C17H26N4O3S/c1-3-18-16(23)12-20-6-8-21(9-7-20)17(24)11-14(19-13(2)22)15-5-4-10-25-15/h4-5,10,14H,3,6-9,11-12H2,1-2H3,(H,18,23)(H,19,22). The van der Waals surface area contributed by atoms with E-state index in [4.69, 9.17) is 0 Å². The zero-order valence-electron chi connectivity index (χ0n) is 14.8. The minimum atomic E-state index is -0.279. The van der Waals surface area contributed by atoms with Gasteiger partial charge in [-0.25, -0.2) is 0 Å². The van der Waals surface area contributed by atoms with Crippen molar-refractivity contribution in [3.05, 3.63) is 22.4 Å². The quantitative estimate of drug-likeness (QED) is 0.740. The molecule has 3 amide bonds. The first-order valence-electron chi connectivity index (χ1n) is 8.57. The van der Waals surface area contributed by atoms with Crippen LogP contribution in [0.1, 0.15) is 31.2 Å². The molecule has 7 nitrogen and oxygen atoms in total. The average molecular weight is 366 g/mol. The Morgan fingerprint density at radius 3 is 2.52 bits per heavy atom. The van der Waals surface area contributed by atoms with Crippen LogP contribution in [0.4, 0.5) is 0 Å². The van der Waals surface area contributed by atoms with Gasteiger partial charge in [0.2, 0.25) is 17.7 Å². The van der Waals surface area contributed by atoms with Crippen molar-refractivity contribution in [1.29, 1.82) is 0 Å². The lowest BCUT2D eigenvalue weighted by atomic mass is 10.1. The Morgan fingerprint density at radius 1 is 1.24 bits per heavy atom. The Labute approximate surface area is 152 Å². The zero-order chi connectivity index (χ0) is 18.2. The van der Waals surface area contributed by atoms with E-state index in [2.05, 4.69) is 15.5 Å². The number of nitrogens with zero attached hydrogens (tertiary/aromatic N) is 2. The summed E-state index contributed by atoms with van der Waals surface area (Å²) in [6.45, 7) is 6.95. The first kappa shape index (κ1) is 19.4. The molecule has 25 heavy (non-hydrogen) atoms. The van der Waals surface area contributed by atoms with Gasteiger partial charge in [0.25, 0.3) is 0 Å². The van der Waals surface area contributed by atoms with Crippen LogP contribution in [0.2, 0.25) is 0 Å². The second-order valence-electron chi connectivity index (χ2n) is 6.08. The Balaban J connectivity index is 1.84. The highest BCUT2D eigenvalue weighted by molar-refractivity contribution is 7.10. The normalized spacial score (nSPS) is 16.3. The highest BCUT2D eigenvalue weighted by Crippen LogP contribution is 2.23. The topological polar surface area (TPSA) is 81.8 Å². The van der Waals surface area contributed by atoms with Crippen LogP contribution in [0, 0.1) is 0 Å². The van der Waals surface area contributed by atoms with Crippen LogP contribution >= 0.6 is 11.3 Å². The second-order valence-corrected chi connectivity index (χ2v) is 7.06. The molecule has 2 rings (SSSR count). The van der Waals surface area contributed by atoms with Gasteiger partial charge in [0.05, 0.1) is 19.0 Å². The van der Waals surface area contributed by atoms with E-state index < -0.39 is 0 Å². The molecule has 1 fully saturated rings. The summed E-state index contributed by atoms with van der Waals surface area (Å²) < 4.78 is 0. The molecule has 1 unspecified atom stereocenters. The van der Waals surface area contributed by atoms with Crippen molar-refractivity contribution in [2.24, 2.45) is 0 Å². The molecule has 8 heteroatoms. The fraction of sp³-hybridized carbons (Fsp3) is 0.588. The van der Waals surface area contributed by atoms with E-state index in [1.165, 1.54) is 18.3 Å². The minimum Gasteiger partial charge on any atom is -0.355 e. The molecule has 1 aromatic heterocycles. The van der Waals surface area contributed by atoms with Crippen molar-refractivity contribution in [2.45, 2.75) is 26.3 Å². The number of hydrogen-bond acceptors (Lipinski definition) is 5.